The maximum absolute atomic E-state index is 11.9. The Labute approximate surface area is 130 Å². The fourth-order valence-electron chi connectivity index (χ4n) is 2.20. The van der Waals surface area contributed by atoms with E-state index in [1.54, 1.807) is 11.8 Å². The molecule has 1 fully saturated rings. The first kappa shape index (κ1) is 16.3. The van der Waals surface area contributed by atoms with Gasteiger partial charge in [-0.2, -0.15) is 0 Å². The van der Waals surface area contributed by atoms with Gasteiger partial charge in [-0.15, -0.1) is 11.8 Å². The number of carbonyl (C=O) groups is 1. The van der Waals surface area contributed by atoms with Gasteiger partial charge in [0.15, 0.2) is 0 Å². The minimum atomic E-state index is 0.0557. The van der Waals surface area contributed by atoms with Crippen LogP contribution in [-0.2, 0) is 9.53 Å². The summed E-state index contributed by atoms with van der Waals surface area (Å²) in [6.45, 7) is 3.80. The van der Waals surface area contributed by atoms with Crippen molar-refractivity contribution in [3.63, 3.8) is 0 Å². The zero-order valence-corrected chi connectivity index (χ0v) is 13.0. The maximum Gasteiger partial charge on any atom is 0.234 e. The van der Waals surface area contributed by atoms with Crippen molar-refractivity contribution in [2.45, 2.75) is 11.0 Å². The minimum Gasteiger partial charge on any atom is -0.374 e. The number of benzene rings is 1. The number of hydrogen-bond acceptors (Lipinski definition) is 5. The number of nitrogens with zero attached hydrogens (tertiary/aromatic N) is 1. The Balaban J connectivity index is 1.59. The van der Waals surface area contributed by atoms with E-state index in [1.165, 1.54) is 4.90 Å². The van der Waals surface area contributed by atoms with Gasteiger partial charge in [0.05, 0.1) is 19.3 Å². The smallest absolute Gasteiger partial charge is 0.234 e. The molecule has 5 nitrogen and oxygen atoms in total. The molecular weight excluding hydrogens is 286 g/mol. The van der Waals surface area contributed by atoms with Crippen LogP contribution in [0.3, 0.4) is 0 Å². The molecule has 1 heterocycles. The van der Waals surface area contributed by atoms with Gasteiger partial charge in [-0.25, -0.2) is 0 Å². The number of ether oxygens (including phenoxy) is 1. The summed E-state index contributed by atoms with van der Waals surface area (Å²) in [4.78, 5) is 15.2. The van der Waals surface area contributed by atoms with Crippen LogP contribution in [0.5, 0.6) is 0 Å². The molecule has 116 valence electrons. The van der Waals surface area contributed by atoms with Crippen LogP contribution in [0.2, 0.25) is 0 Å². The Hall–Kier alpha value is -1.08. The highest BCUT2D eigenvalue weighted by atomic mass is 32.2. The van der Waals surface area contributed by atoms with Gasteiger partial charge in [0.1, 0.15) is 0 Å². The second kappa shape index (κ2) is 9.04. The third-order valence-corrected chi connectivity index (χ3v) is 4.30. The zero-order valence-electron chi connectivity index (χ0n) is 12.2. The molecule has 1 amide bonds. The second-order valence-electron chi connectivity index (χ2n) is 4.98. The Morgan fingerprint density at radius 2 is 2.24 bits per heavy atom. The molecule has 2 rings (SSSR count). The fraction of sp³-hybridized carbons (Fsp3) is 0.533. The molecule has 1 aromatic carbocycles. The van der Waals surface area contributed by atoms with Crippen LogP contribution in [0.15, 0.2) is 35.2 Å². The van der Waals surface area contributed by atoms with E-state index in [-0.39, 0.29) is 12.0 Å². The molecule has 6 heteroatoms. The van der Waals surface area contributed by atoms with Crippen molar-refractivity contribution in [3.05, 3.63) is 30.3 Å². The van der Waals surface area contributed by atoms with Gasteiger partial charge in [0.25, 0.3) is 0 Å². The highest BCUT2D eigenvalue weighted by molar-refractivity contribution is 7.99. The van der Waals surface area contributed by atoms with E-state index in [1.807, 2.05) is 18.2 Å². The quantitative estimate of drug-likeness (QED) is 0.569. The normalized spacial score (nSPS) is 19.4. The van der Waals surface area contributed by atoms with E-state index in [0.29, 0.717) is 26.2 Å². The first-order valence-corrected chi connectivity index (χ1v) is 8.25. The lowest BCUT2D eigenvalue weighted by atomic mass is 10.2. The number of carbonyl (C=O) groups excluding carboxylic acids is 1. The van der Waals surface area contributed by atoms with Crippen molar-refractivity contribution in [1.82, 2.24) is 10.2 Å². The van der Waals surface area contributed by atoms with Crippen LogP contribution in [0.4, 0.5) is 0 Å². The Kier molecular flexibility index (Phi) is 7.02. The summed E-state index contributed by atoms with van der Waals surface area (Å²) in [6.07, 6.45) is 0.0557. The molecular formula is C15H23N3O2S. The first-order chi connectivity index (χ1) is 10.3. The van der Waals surface area contributed by atoms with Gasteiger partial charge in [0, 0.05) is 36.8 Å². The maximum atomic E-state index is 11.9. The molecule has 1 unspecified atom stereocenters. The summed E-state index contributed by atoms with van der Waals surface area (Å²) in [6, 6.07) is 10.2. The van der Waals surface area contributed by atoms with Crippen molar-refractivity contribution in [3.8, 4) is 0 Å². The lowest BCUT2D eigenvalue weighted by Gasteiger charge is -2.31. The molecule has 0 aliphatic carbocycles. The van der Waals surface area contributed by atoms with E-state index in [9.17, 15) is 4.79 Å². The van der Waals surface area contributed by atoms with Crippen molar-refractivity contribution < 1.29 is 9.53 Å². The van der Waals surface area contributed by atoms with Crippen LogP contribution in [0.25, 0.3) is 0 Å². The summed E-state index contributed by atoms with van der Waals surface area (Å²) >= 11 is 1.75. The molecule has 1 atom stereocenters. The Bertz CT molecular complexity index is 430. The van der Waals surface area contributed by atoms with Crippen LogP contribution < -0.4 is 11.1 Å². The molecule has 1 saturated heterocycles. The number of nitrogens with one attached hydrogen (secondary N) is 1. The third-order valence-electron chi connectivity index (χ3n) is 3.29. The number of thioether (sulfide) groups is 1. The third kappa shape index (κ3) is 6.05. The molecule has 0 bridgehead atoms. The monoisotopic (exact) mass is 309 g/mol. The highest BCUT2D eigenvalue weighted by Crippen LogP contribution is 2.15. The van der Waals surface area contributed by atoms with Gasteiger partial charge in [0.2, 0.25) is 5.91 Å². The van der Waals surface area contributed by atoms with Crippen LogP contribution >= 0.6 is 11.8 Å². The van der Waals surface area contributed by atoms with Crippen molar-refractivity contribution >= 4 is 17.7 Å². The second-order valence-corrected chi connectivity index (χ2v) is 6.14. The van der Waals surface area contributed by atoms with Crippen LogP contribution in [-0.4, -0.2) is 62.0 Å². The molecule has 0 spiro atoms. The number of rotatable bonds is 7. The molecule has 3 N–H and O–H groups in total. The number of amides is 1. The number of hydrogen-bond donors (Lipinski definition) is 2. The first-order valence-electron chi connectivity index (χ1n) is 7.26. The Morgan fingerprint density at radius 1 is 1.43 bits per heavy atom. The predicted molar refractivity (Wildman–Crippen MR) is 85.4 cm³/mol. The Morgan fingerprint density at radius 3 is 3.00 bits per heavy atom. The average Bonchev–Trinajstić information content (AvgIpc) is 2.53. The standard InChI is InChI=1S/C15H23N3O2S/c16-10-13-11-18(7-8-20-13)12-15(19)17-6-9-21-14-4-2-1-3-5-14/h1-5,13H,6-12,16H2,(H,17,19). The van der Waals surface area contributed by atoms with E-state index in [4.69, 9.17) is 10.5 Å². The SMILES string of the molecule is NCC1CN(CC(=O)NCCSc2ccccc2)CCO1. The van der Waals surface area contributed by atoms with E-state index < -0.39 is 0 Å². The fourth-order valence-corrected chi connectivity index (χ4v) is 2.99. The van der Waals surface area contributed by atoms with Gasteiger partial charge < -0.3 is 15.8 Å². The molecule has 0 saturated carbocycles. The predicted octanol–water partition coefficient (Wildman–Crippen LogP) is 0.554. The van der Waals surface area contributed by atoms with E-state index in [0.717, 1.165) is 18.8 Å². The summed E-state index contributed by atoms with van der Waals surface area (Å²) in [5.41, 5.74) is 5.59. The zero-order chi connectivity index (χ0) is 14.9. The van der Waals surface area contributed by atoms with E-state index >= 15 is 0 Å². The molecule has 1 aromatic rings. The van der Waals surface area contributed by atoms with Crippen molar-refractivity contribution in [1.29, 1.82) is 0 Å². The average molecular weight is 309 g/mol. The molecule has 1 aliphatic rings. The minimum absolute atomic E-state index is 0.0557. The molecule has 0 aromatic heterocycles. The van der Waals surface area contributed by atoms with Gasteiger partial charge in [-0.1, -0.05) is 18.2 Å². The molecule has 0 radical (unpaired) electrons. The number of morpholine rings is 1. The van der Waals surface area contributed by atoms with Crippen molar-refractivity contribution in [2.24, 2.45) is 5.73 Å². The van der Waals surface area contributed by atoms with Crippen LogP contribution in [0, 0.1) is 0 Å². The van der Waals surface area contributed by atoms with Gasteiger partial charge in [-0.05, 0) is 12.1 Å². The lowest BCUT2D eigenvalue weighted by molar-refractivity contribution is -0.124. The summed E-state index contributed by atoms with van der Waals surface area (Å²) < 4.78 is 5.48. The molecule has 21 heavy (non-hydrogen) atoms. The van der Waals surface area contributed by atoms with Crippen molar-refractivity contribution in [2.75, 3.05) is 45.1 Å². The topological polar surface area (TPSA) is 67.6 Å². The molecule has 1 aliphatic heterocycles. The summed E-state index contributed by atoms with van der Waals surface area (Å²) in [5.74, 6) is 0.950. The largest absolute Gasteiger partial charge is 0.374 e. The highest BCUT2D eigenvalue weighted by Gasteiger charge is 2.20. The number of nitrogens with two attached hydrogens (primary N) is 1. The lowest BCUT2D eigenvalue weighted by Crippen LogP contribution is -2.49. The van der Waals surface area contributed by atoms with Gasteiger partial charge in [-0.3, -0.25) is 9.69 Å². The van der Waals surface area contributed by atoms with Crippen LogP contribution in [0.1, 0.15) is 0 Å². The summed E-state index contributed by atoms with van der Waals surface area (Å²) in [7, 11) is 0. The summed E-state index contributed by atoms with van der Waals surface area (Å²) in [5, 5.41) is 2.96. The van der Waals surface area contributed by atoms with E-state index in [2.05, 4.69) is 22.3 Å². The van der Waals surface area contributed by atoms with Gasteiger partial charge >= 0.3 is 0 Å².